The van der Waals surface area contributed by atoms with E-state index in [1.807, 2.05) is 39.0 Å². The molecule has 0 saturated heterocycles. The topological polar surface area (TPSA) is 9.23 Å². The first-order chi connectivity index (χ1) is 6.24. The van der Waals surface area contributed by atoms with Gasteiger partial charge in [-0.1, -0.05) is 39.5 Å². The molecule has 0 atom stereocenters. The molecule has 0 amide bonds. The zero-order valence-corrected chi connectivity index (χ0v) is 9.55. The third-order valence-electron chi connectivity index (χ3n) is 1.52. The molecule has 0 aromatic rings. The molecule has 0 N–H and O–H groups in total. The van der Waals surface area contributed by atoms with Crippen LogP contribution in [0.25, 0.3) is 0 Å². The molecule has 1 heteroatoms. The summed E-state index contributed by atoms with van der Waals surface area (Å²) in [4.78, 5) is 0. The Morgan fingerprint density at radius 1 is 1.31 bits per heavy atom. The Kier molecular flexibility index (Phi) is 12.3. The van der Waals surface area contributed by atoms with Crippen LogP contribution in [0.2, 0.25) is 0 Å². The summed E-state index contributed by atoms with van der Waals surface area (Å²) >= 11 is 0. The molecule has 0 aromatic heterocycles. The second-order valence-corrected chi connectivity index (χ2v) is 2.28. The normalized spacial score (nSPS) is 11.5. The fourth-order valence-corrected chi connectivity index (χ4v) is 0.623. The van der Waals surface area contributed by atoms with Crippen molar-refractivity contribution in [2.75, 3.05) is 7.11 Å². The Bertz CT molecular complexity index is 176. The van der Waals surface area contributed by atoms with Gasteiger partial charge in [0.15, 0.2) is 0 Å². The van der Waals surface area contributed by atoms with Crippen molar-refractivity contribution in [2.24, 2.45) is 0 Å². The minimum absolute atomic E-state index is 0.915. The van der Waals surface area contributed by atoms with E-state index in [0.29, 0.717) is 0 Å². The van der Waals surface area contributed by atoms with Crippen LogP contribution in [0.1, 0.15) is 34.1 Å². The van der Waals surface area contributed by atoms with E-state index in [1.54, 1.807) is 7.11 Å². The van der Waals surface area contributed by atoms with E-state index in [2.05, 4.69) is 13.5 Å². The third kappa shape index (κ3) is 8.93. The van der Waals surface area contributed by atoms with Crippen LogP contribution in [0.4, 0.5) is 0 Å². The first kappa shape index (κ1) is 14.5. The zero-order chi connectivity index (χ0) is 10.7. The van der Waals surface area contributed by atoms with Gasteiger partial charge in [-0.05, 0) is 25.0 Å². The Hall–Kier alpha value is -0.980. The molecule has 0 aliphatic heterocycles. The van der Waals surface area contributed by atoms with Crippen molar-refractivity contribution in [1.29, 1.82) is 0 Å². The molecule has 0 aliphatic carbocycles. The van der Waals surface area contributed by atoms with Crippen molar-refractivity contribution >= 4 is 0 Å². The summed E-state index contributed by atoms with van der Waals surface area (Å²) in [6.45, 7) is 11.7. The minimum atomic E-state index is 0.915. The van der Waals surface area contributed by atoms with Gasteiger partial charge in [0.05, 0.1) is 12.9 Å². The van der Waals surface area contributed by atoms with E-state index in [1.165, 1.54) is 5.57 Å². The van der Waals surface area contributed by atoms with Crippen LogP contribution < -0.4 is 0 Å². The molecule has 1 nitrogen and oxygen atoms in total. The summed E-state index contributed by atoms with van der Waals surface area (Å²) in [5.74, 6) is 0.915. The molecule has 0 aliphatic rings. The second kappa shape index (κ2) is 11.0. The molecule has 0 rings (SSSR count). The standard InChI is InChI=1S/C10H16O.C2H6/c1-5-10(6-2)8-7-9(3)11-4;1-2/h5,7-8H,1,6H2,2-4H3;1-2H3/b9-7+,10-8+;. The Morgan fingerprint density at radius 3 is 2.15 bits per heavy atom. The van der Waals surface area contributed by atoms with Crippen LogP contribution in [-0.4, -0.2) is 7.11 Å². The van der Waals surface area contributed by atoms with Gasteiger partial charge in [0.2, 0.25) is 0 Å². The number of rotatable bonds is 4. The van der Waals surface area contributed by atoms with E-state index >= 15 is 0 Å². The highest BCUT2D eigenvalue weighted by Crippen LogP contribution is 2.03. The van der Waals surface area contributed by atoms with E-state index in [9.17, 15) is 0 Å². The van der Waals surface area contributed by atoms with Crippen molar-refractivity contribution in [3.05, 3.63) is 36.1 Å². The molecule has 0 heterocycles. The Morgan fingerprint density at radius 2 is 1.85 bits per heavy atom. The first-order valence-corrected chi connectivity index (χ1v) is 4.78. The molecular formula is C12H22O. The van der Waals surface area contributed by atoms with Gasteiger partial charge in [0.1, 0.15) is 0 Å². The van der Waals surface area contributed by atoms with Crippen molar-refractivity contribution in [2.45, 2.75) is 34.1 Å². The van der Waals surface area contributed by atoms with Gasteiger partial charge in [-0.2, -0.15) is 0 Å². The third-order valence-corrected chi connectivity index (χ3v) is 1.52. The van der Waals surface area contributed by atoms with Crippen LogP contribution in [-0.2, 0) is 4.74 Å². The largest absolute Gasteiger partial charge is 0.501 e. The number of ether oxygens (including phenoxy) is 1. The highest BCUT2D eigenvalue weighted by Gasteiger charge is 1.84. The number of hydrogen-bond acceptors (Lipinski definition) is 1. The highest BCUT2D eigenvalue weighted by atomic mass is 16.5. The summed E-state index contributed by atoms with van der Waals surface area (Å²) in [7, 11) is 1.67. The van der Waals surface area contributed by atoms with Crippen LogP contribution >= 0.6 is 0 Å². The average Bonchev–Trinajstić information content (AvgIpc) is 2.22. The molecular weight excluding hydrogens is 160 g/mol. The fraction of sp³-hybridized carbons (Fsp3) is 0.500. The van der Waals surface area contributed by atoms with Crippen LogP contribution in [0.15, 0.2) is 36.1 Å². The molecule has 0 fully saturated rings. The van der Waals surface area contributed by atoms with Gasteiger partial charge in [-0.15, -0.1) is 0 Å². The lowest BCUT2D eigenvalue weighted by atomic mass is 10.2. The van der Waals surface area contributed by atoms with Crippen molar-refractivity contribution in [3.8, 4) is 0 Å². The van der Waals surface area contributed by atoms with Gasteiger partial charge < -0.3 is 4.74 Å². The molecule has 0 unspecified atom stereocenters. The van der Waals surface area contributed by atoms with Crippen molar-refractivity contribution in [3.63, 3.8) is 0 Å². The second-order valence-electron chi connectivity index (χ2n) is 2.28. The number of methoxy groups -OCH3 is 1. The van der Waals surface area contributed by atoms with Crippen LogP contribution in [0.3, 0.4) is 0 Å². The van der Waals surface area contributed by atoms with Crippen molar-refractivity contribution in [1.82, 2.24) is 0 Å². The molecule has 76 valence electrons. The molecule has 13 heavy (non-hydrogen) atoms. The monoisotopic (exact) mass is 182 g/mol. The maximum absolute atomic E-state index is 4.97. The number of allylic oxidation sites excluding steroid dienone is 5. The lowest BCUT2D eigenvalue weighted by Gasteiger charge is -1.96. The van der Waals surface area contributed by atoms with E-state index in [0.717, 1.165) is 12.2 Å². The Labute approximate surface area is 82.8 Å². The summed E-state index contributed by atoms with van der Waals surface area (Å²) < 4.78 is 4.97. The highest BCUT2D eigenvalue weighted by molar-refractivity contribution is 5.22. The van der Waals surface area contributed by atoms with E-state index < -0.39 is 0 Å². The number of hydrogen-bond donors (Lipinski definition) is 0. The van der Waals surface area contributed by atoms with Gasteiger partial charge in [0, 0.05) is 0 Å². The summed E-state index contributed by atoms with van der Waals surface area (Å²) in [5, 5.41) is 0. The van der Waals surface area contributed by atoms with E-state index in [-0.39, 0.29) is 0 Å². The lowest BCUT2D eigenvalue weighted by Crippen LogP contribution is -1.78. The quantitative estimate of drug-likeness (QED) is 0.470. The first-order valence-electron chi connectivity index (χ1n) is 4.78. The van der Waals surface area contributed by atoms with Gasteiger partial charge in [-0.3, -0.25) is 0 Å². The molecule has 0 spiro atoms. The lowest BCUT2D eigenvalue weighted by molar-refractivity contribution is 0.294. The van der Waals surface area contributed by atoms with Gasteiger partial charge >= 0.3 is 0 Å². The predicted molar refractivity (Wildman–Crippen MR) is 60.7 cm³/mol. The summed E-state index contributed by atoms with van der Waals surface area (Å²) in [5.41, 5.74) is 1.22. The molecule has 0 aromatic carbocycles. The van der Waals surface area contributed by atoms with Crippen LogP contribution in [0, 0.1) is 0 Å². The van der Waals surface area contributed by atoms with Crippen molar-refractivity contribution < 1.29 is 4.74 Å². The van der Waals surface area contributed by atoms with E-state index in [4.69, 9.17) is 4.74 Å². The average molecular weight is 182 g/mol. The molecule has 0 radical (unpaired) electrons. The smallest absolute Gasteiger partial charge is 0.0924 e. The minimum Gasteiger partial charge on any atom is -0.501 e. The predicted octanol–water partition coefficient (Wildman–Crippen LogP) is 4.09. The molecule has 0 bridgehead atoms. The van der Waals surface area contributed by atoms with Gasteiger partial charge in [-0.25, -0.2) is 0 Å². The summed E-state index contributed by atoms with van der Waals surface area (Å²) in [6, 6.07) is 0. The van der Waals surface area contributed by atoms with Gasteiger partial charge in [0.25, 0.3) is 0 Å². The maximum Gasteiger partial charge on any atom is 0.0924 e. The fourth-order valence-electron chi connectivity index (χ4n) is 0.623. The maximum atomic E-state index is 4.97. The van der Waals surface area contributed by atoms with Crippen LogP contribution in [0.5, 0.6) is 0 Å². The molecule has 0 saturated carbocycles. The zero-order valence-electron chi connectivity index (χ0n) is 9.55. The summed E-state index contributed by atoms with van der Waals surface area (Å²) in [6.07, 6.45) is 6.84. The SMILES string of the molecule is C=C/C(=C\C=C(/C)OC)CC.CC. The Balaban J connectivity index is 0.